The molecule has 34 heavy (non-hydrogen) atoms. The van der Waals surface area contributed by atoms with E-state index in [-0.39, 0.29) is 10.5 Å². The van der Waals surface area contributed by atoms with Gasteiger partial charge >= 0.3 is 0 Å². The van der Waals surface area contributed by atoms with Crippen LogP contribution >= 0.6 is 0 Å². The first-order valence-corrected chi connectivity index (χ1v) is 11.9. The SMILES string of the molecule is Cc1ccc(NC(=O)c2cccc(S(N)(=O)=O)c2)cc1-n1cc(-c2cnc3[nH]ccc3c2)cn1. The van der Waals surface area contributed by atoms with Gasteiger partial charge in [0.25, 0.3) is 5.91 Å². The monoisotopic (exact) mass is 472 g/mol. The minimum Gasteiger partial charge on any atom is -0.346 e. The first-order valence-electron chi connectivity index (χ1n) is 10.3. The van der Waals surface area contributed by atoms with Crippen molar-refractivity contribution >= 4 is 32.7 Å². The average molecular weight is 473 g/mol. The zero-order chi connectivity index (χ0) is 23.9. The van der Waals surface area contributed by atoms with Gasteiger partial charge in [-0.25, -0.2) is 23.2 Å². The number of nitrogens with two attached hydrogens (primary N) is 1. The maximum Gasteiger partial charge on any atom is 0.255 e. The molecule has 0 spiro atoms. The van der Waals surface area contributed by atoms with Gasteiger partial charge < -0.3 is 10.3 Å². The molecular weight excluding hydrogens is 452 g/mol. The van der Waals surface area contributed by atoms with Crippen molar-refractivity contribution in [2.75, 3.05) is 5.32 Å². The number of fused-ring (bicyclic) bond motifs is 1. The van der Waals surface area contributed by atoms with Crippen LogP contribution in [0.1, 0.15) is 15.9 Å². The van der Waals surface area contributed by atoms with Gasteiger partial charge in [-0.05, 0) is 55.0 Å². The van der Waals surface area contributed by atoms with E-state index in [2.05, 4.69) is 20.4 Å². The third-order valence-corrected chi connectivity index (χ3v) is 6.37. The van der Waals surface area contributed by atoms with Crippen LogP contribution in [0.15, 0.2) is 84.3 Å². The van der Waals surface area contributed by atoms with Crippen molar-refractivity contribution in [3.8, 4) is 16.8 Å². The number of aromatic nitrogens is 4. The number of amides is 1. The summed E-state index contributed by atoms with van der Waals surface area (Å²) in [4.78, 5) is 20.1. The fourth-order valence-electron chi connectivity index (χ4n) is 3.65. The smallest absolute Gasteiger partial charge is 0.255 e. The molecule has 4 N–H and O–H groups in total. The summed E-state index contributed by atoms with van der Waals surface area (Å²) in [6.07, 6.45) is 7.30. The second kappa shape index (κ2) is 8.25. The van der Waals surface area contributed by atoms with Crippen molar-refractivity contribution in [2.24, 2.45) is 5.14 Å². The first kappa shape index (κ1) is 21.6. The second-order valence-corrected chi connectivity index (χ2v) is 9.40. The number of hydrogen-bond donors (Lipinski definition) is 3. The molecule has 0 atom stereocenters. The number of carbonyl (C=O) groups is 1. The van der Waals surface area contributed by atoms with Crippen LogP contribution in [0.2, 0.25) is 0 Å². The Morgan fingerprint density at radius 2 is 1.91 bits per heavy atom. The molecule has 10 heteroatoms. The van der Waals surface area contributed by atoms with E-state index in [4.69, 9.17) is 5.14 Å². The number of sulfonamides is 1. The van der Waals surface area contributed by atoms with E-state index in [0.717, 1.165) is 33.4 Å². The summed E-state index contributed by atoms with van der Waals surface area (Å²) in [5.74, 6) is -0.452. The van der Waals surface area contributed by atoms with Gasteiger partial charge in [0.15, 0.2) is 0 Å². The minimum absolute atomic E-state index is 0.124. The molecule has 170 valence electrons. The molecule has 5 aromatic rings. The Bertz CT molecular complexity index is 1650. The Morgan fingerprint density at radius 3 is 2.74 bits per heavy atom. The van der Waals surface area contributed by atoms with Crippen LogP contribution in [-0.4, -0.2) is 34.1 Å². The highest BCUT2D eigenvalue weighted by molar-refractivity contribution is 7.89. The van der Waals surface area contributed by atoms with Gasteiger partial charge in [0.05, 0.1) is 16.8 Å². The fourth-order valence-corrected chi connectivity index (χ4v) is 4.21. The number of aromatic amines is 1. The van der Waals surface area contributed by atoms with Crippen LogP contribution in [0, 0.1) is 6.92 Å². The Balaban J connectivity index is 1.42. The molecule has 0 aliphatic heterocycles. The van der Waals surface area contributed by atoms with Crippen molar-refractivity contribution in [3.05, 3.63) is 90.5 Å². The number of H-pyrrole nitrogens is 1. The summed E-state index contributed by atoms with van der Waals surface area (Å²) in [6.45, 7) is 1.95. The first-order chi connectivity index (χ1) is 16.3. The molecule has 0 saturated carbocycles. The maximum absolute atomic E-state index is 12.7. The normalized spacial score (nSPS) is 11.6. The Labute approximate surface area is 195 Å². The number of pyridine rings is 1. The highest BCUT2D eigenvalue weighted by Crippen LogP contribution is 2.25. The number of nitrogens with zero attached hydrogens (tertiary/aromatic N) is 3. The highest BCUT2D eigenvalue weighted by atomic mass is 32.2. The van der Waals surface area contributed by atoms with Crippen molar-refractivity contribution in [2.45, 2.75) is 11.8 Å². The van der Waals surface area contributed by atoms with E-state index in [1.807, 2.05) is 37.5 Å². The molecule has 3 heterocycles. The van der Waals surface area contributed by atoms with Crippen molar-refractivity contribution in [3.63, 3.8) is 0 Å². The van der Waals surface area contributed by atoms with Crippen LogP contribution in [0.5, 0.6) is 0 Å². The number of carbonyl (C=O) groups excluding carboxylic acids is 1. The predicted octanol–water partition coefficient (Wildman–Crippen LogP) is 3.62. The fraction of sp³-hybridized carbons (Fsp3) is 0.0417. The van der Waals surface area contributed by atoms with E-state index in [1.54, 1.807) is 29.2 Å². The topological polar surface area (TPSA) is 136 Å². The molecule has 1 amide bonds. The second-order valence-electron chi connectivity index (χ2n) is 7.84. The third kappa shape index (κ3) is 4.19. The van der Waals surface area contributed by atoms with Crippen molar-refractivity contribution in [1.29, 1.82) is 0 Å². The summed E-state index contributed by atoms with van der Waals surface area (Å²) in [5.41, 5.74) is 5.15. The summed E-state index contributed by atoms with van der Waals surface area (Å²) in [5, 5.41) is 13.5. The standard InChI is InChI=1S/C24H20N6O3S/c1-15-5-6-20(29-24(31)17-3-2-4-21(10-17)34(25,32)33)11-22(15)30-14-19(13-28-30)18-9-16-7-8-26-23(16)27-12-18/h2-14H,1H3,(H,26,27)(H,29,31)(H2,25,32,33). The van der Waals surface area contributed by atoms with E-state index in [0.29, 0.717) is 5.69 Å². The van der Waals surface area contributed by atoms with Gasteiger partial charge in [0.1, 0.15) is 5.65 Å². The number of rotatable bonds is 5. The van der Waals surface area contributed by atoms with Gasteiger partial charge in [-0.1, -0.05) is 12.1 Å². The lowest BCUT2D eigenvalue weighted by atomic mass is 10.1. The Morgan fingerprint density at radius 1 is 1.06 bits per heavy atom. The molecule has 0 aliphatic rings. The number of benzene rings is 2. The molecule has 5 rings (SSSR count). The number of hydrogen-bond acceptors (Lipinski definition) is 5. The maximum atomic E-state index is 12.7. The molecular formula is C24H20N6O3S. The molecule has 0 saturated heterocycles. The van der Waals surface area contributed by atoms with E-state index in [1.165, 1.54) is 24.3 Å². The molecule has 0 bridgehead atoms. The molecule has 9 nitrogen and oxygen atoms in total. The molecule has 2 aromatic carbocycles. The largest absolute Gasteiger partial charge is 0.346 e. The summed E-state index contributed by atoms with van der Waals surface area (Å²) >= 11 is 0. The number of aryl methyl sites for hydroxylation is 1. The zero-order valence-corrected chi connectivity index (χ0v) is 18.9. The Hall–Kier alpha value is -4.28. The molecule has 0 unspecified atom stereocenters. The third-order valence-electron chi connectivity index (χ3n) is 5.45. The number of primary sulfonamides is 1. The van der Waals surface area contributed by atoms with Gasteiger partial charge in [-0.15, -0.1) is 0 Å². The van der Waals surface area contributed by atoms with Gasteiger partial charge in [0.2, 0.25) is 10.0 Å². The van der Waals surface area contributed by atoms with E-state index < -0.39 is 15.9 Å². The van der Waals surface area contributed by atoms with E-state index >= 15 is 0 Å². The van der Waals surface area contributed by atoms with Gasteiger partial charge in [0, 0.05) is 46.4 Å². The van der Waals surface area contributed by atoms with Crippen LogP contribution in [0.25, 0.3) is 27.8 Å². The average Bonchev–Trinajstić information content (AvgIpc) is 3.49. The molecule has 0 fully saturated rings. The van der Waals surface area contributed by atoms with Crippen molar-refractivity contribution in [1.82, 2.24) is 19.7 Å². The lowest BCUT2D eigenvalue weighted by Crippen LogP contribution is -2.16. The minimum atomic E-state index is -3.91. The summed E-state index contributed by atoms with van der Waals surface area (Å²) < 4.78 is 24.9. The van der Waals surface area contributed by atoms with Crippen LogP contribution in [0.4, 0.5) is 5.69 Å². The molecule has 0 aliphatic carbocycles. The van der Waals surface area contributed by atoms with Crippen LogP contribution in [-0.2, 0) is 10.0 Å². The van der Waals surface area contributed by atoms with E-state index in [9.17, 15) is 13.2 Å². The highest BCUT2D eigenvalue weighted by Gasteiger charge is 2.14. The van der Waals surface area contributed by atoms with Crippen LogP contribution < -0.4 is 10.5 Å². The number of nitrogens with one attached hydrogen (secondary N) is 2. The zero-order valence-electron chi connectivity index (χ0n) is 18.1. The quantitative estimate of drug-likeness (QED) is 0.359. The number of anilines is 1. The lowest BCUT2D eigenvalue weighted by Gasteiger charge is -2.11. The summed E-state index contributed by atoms with van der Waals surface area (Å²) in [7, 11) is -3.91. The van der Waals surface area contributed by atoms with Crippen molar-refractivity contribution < 1.29 is 13.2 Å². The molecule has 3 aromatic heterocycles. The predicted molar refractivity (Wildman–Crippen MR) is 129 cm³/mol. The van der Waals surface area contributed by atoms with Gasteiger partial charge in [-0.3, -0.25) is 4.79 Å². The summed E-state index contributed by atoms with van der Waals surface area (Å²) in [6, 6.07) is 15.0. The van der Waals surface area contributed by atoms with Crippen LogP contribution in [0.3, 0.4) is 0 Å². The lowest BCUT2D eigenvalue weighted by molar-refractivity contribution is 0.102. The van der Waals surface area contributed by atoms with Gasteiger partial charge in [-0.2, -0.15) is 5.10 Å². The Kier molecular flexibility index (Phi) is 5.23. The molecule has 0 radical (unpaired) electrons.